The van der Waals surface area contributed by atoms with Crippen LogP contribution < -0.4 is 0 Å². The van der Waals surface area contributed by atoms with E-state index in [1.165, 1.54) is 12.1 Å². The SMILES string of the molecule is CN1CCC(n2cnc(-c3ccc(F)cc3)c2-c2ccnc3[nH]ccc23)CC1. The zero-order valence-corrected chi connectivity index (χ0v) is 15.8. The molecule has 0 amide bonds. The Morgan fingerprint density at radius 1 is 1.04 bits per heavy atom. The summed E-state index contributed by atoms with van der Waals surface area (Å²) >= 11 is 0. The van der Waals surface area contributed by atoms with Crippen LogP contribution in [0.15, 0.2) is 55.1 Å². The van der Waals surface area contributed by atoms with E-state index in [9.17, 15) is 4.39 Å². The smallest absolute Gasteiger partial charge is 0.137 e. The molecule has 1 N–H and O–H groups in total. The van der Waals surface area contributed by atoms with Crippen molar-refractivity contribution in [2.24, 2.45) is 0 Å². The first-order valence-electron chi connectivity index (χ1n) is 9.64. The minimum absolute atomic E-state index is 0.239. The number of likely N-dealkylation sites (tertiary alicyclic amines) is 1. The van der Waals surface area contributed by atoms with E-state index in [1.54, 1.807) is 12.1 Å². The van der Waals surface area contributed by atoms with Crippen LogP contribution >= 0.6 is 0 Å². The maximum Gasteiger partial charge on any atom is 0.137 e. The Morgan fingerprint density at radius 3 is 2.61 bits per heavy atom. The van der Waals surface area contributed by atoms with Gasteiger partial charge < -0.3 is 14.5 Å². The highest BCUT2D eigenvalue weighted by atomic mass is 19.1. The first-order chi connectivity index (χ1) is 13.7. The fourth-order valence-corrected chi connectivity index (χ4v) is 4.16. The van der Waals surface area contributed by atoms with Crippen molar-refractivity contribution in [2.75, 3.05) is 20.1 Å². The largest absolute Gasteiger partial charge is 0.346 e. The lowest BCUT2D eigenvalue weighted by Gasteiger charge is -2.31. The summed E-state index contributed by atoms with van der Waals surface area (Å²) in [6.45, 7) is 2.15. The lowest BCUT2D eigenvalue weighted by molar-refractivity contribution is 0.222. The third-order valence-corrected chi connectivity index (χ3v) is 5.71. The normalized spacial score (nSPS) is 16.1. The maximum atomic E-state index is 13.5. The molecule has 1 aromatic carbocycles. The third-order valence-electron chi connectivity index (χ3n) is 5.71. The summed E-state index contributed by atoms with van der Waals surface area (Å²) < 4.78 is 15.8. The number of hydrogen-bond donors (Lipinski definition) is 1. The number of halogens is 1. The topological polar surface area (TPSA) is 49.7 Å². The van der Waals surface area contributed by atoms with Crippen LogP contribution in [0.5, 0.6) is 0 Å². The van der Waals surface area contributed by atoms with E-state index in [2.05, 4.69) is 32.5 Å². The molecule has 0 spiro atoms. The average molecular weight is 375 g/mol. The highest BCUT2D eigenvalue weighted by Gasteiger charge is 2.25. The Labute approximate surface area is 162 Å². The van der Waals surface area contributed by atoms with E-state index in [4.69, 9.17) is 4.98 Å². The van der Waals surface area contributed by atoms with Gasteiger partial charge in [0, 0.05) is 34.9 Å². The van der Waals surface area contributed by atoms with Gasteiger partial charge in [-0.15, -0.1) is 0 Å². The van der Waals surface area contributed by atoms with E-state index >= 15 is 0 Å². The summed E-state index contributed by atoms with van der Waals surface area (Å²) in [7, 11) is 2.17. The van der Waals surface area contributed by atoms with Crippen LogP contribution in [0.25, 0.3) is 33.5 Å². The molecule has 1 aliphatic heterocycles. The Morgan fingerprint density at radius 2 is 1.82 bits per heavy atom. The van der Waals surface area contributed by atoms with Crippen LogP contribution in [0.3, 0.4) is 0 Å². The molecule has 0 saturated carbocycles. The molecule has 4 heterocycles. The first kappa shape index (κ1) is 17.1. The zero-order valence-electron chi connectivity index (χ0n) is 15.8. The van der Waals surface area contributed by atoms with Gasteiger partial charge in [-0.2, -0.15) is 0 Å². The fourth-order valence-electron chi connectivity index (χ4n) is 4.16. The van der Waals surface area contributed by atoms with Crippen LogP contribution in [-0.2, 0) is 0 Å². The number of nitrogens with one attached hydrogen (secondary N) is 1. The van der Waals surface area contributed by atoms with Crippen LogP contribution in [0.1, 0.15) is 18.9 Å². The molecule has 4 aromatic rings. The van der Waals surface area contributed by atoms with Crippen LogP contribution in [0.4, 0.5) is 4.39 Å². The van der Waals surface area contributed by atoms with E-state index in [0.717, 1.165) is 59.5 Å². The molecule has 0 unspecified atom stereocenters. The molecular weight excluding hydrogens is 353 g/mol. The molecule has 0 radical (unpaired) electrons. The van der Waals surface area contributed by atoms with Gasteiger partial charge in [-0.25, -0.2) is 14.4 Å². The summed E-state index contributed by atoms with van der Waals surface area (Å²) in [6, 6.07) is 11.1. The monoisotopic (exact) mass is 375 g/mol. The molecule has 142 valence electrons. The molecule has 1 fully saturated rings. The highest BCUT2D eigenvalue weighted by molar-refractivity contribution is 5.95. The van der Waals surface area contributed by atoms with E-state index in [0.29, 0.717) is 6.04 Å². The third kappa shape index (κ3) is 2.90. The molecule has 3 aromatic heterocycles. The molecule has 5 rings (SSSR count). The van der Waals surface area contributed by atoms with Crippen molar-refractivity contribution in [3.05, 3.63) is 60.9 Å². The minimum Gasteiger partial charge on any atom is -0.346 e. The molecule has 5 nitrogen and oxygen atoms in total. The van der Waals surface area contributed by atoms with Gasteiger partial charge in [-0.1, -0.05) is 0 Å². The van der Waals surface area contributed by atoms with Crippen molar-refractivity contribution in [3.8, 4) is 22.5 Å². The van der Waals surface area contributed by atoms with Crippen molar-refractivity contribution in [1.82, 2.24) is 24.4 Å². The molecule has 6 heteroatoms. The molecule has 0 bridgehead atoms. The van der Waals surface area contributed by atoms with Gasteiger partial charge in [0.15, 0.2) is 0 Å². The molecule has 1 saturated heterocycles. The van der Waals surface area contributed by atoms with E-state index < -0.39 is 0 Å². The summed E-state index contributed by atoms with van der Waals surface area (Å²) in [5.74, 6) is -0.239. The Hall–Kier alpha value is -2.99. The molecule has 1 aliphatic rings. The highest BCUT2D eigenvalue weighted by Crippen LogP contribution is 2.38. The fraction of sp³-hybridized carbons (Fsp3) is 0.273. The maximum absolute atomic E-state index is 13.5. The Balaban J connectivity index is 1.70. The van der Waals surface area contributed by atoms with Crippen LogP contribution in [-0.4, -0.2) is 44.6 Å². The number of pyridine rings is 1. The summed E-state index contributed by atoms with van der Waals surface area (Å²) in [5.41, 5.74) is 4.84. The number of fused-ring (bicyclic) bond motifs is 1. The van der Waals surface area contributed by atoms with Crippen molar-refractivity contribution in [2.45, 2.75) is 18.9 Å². The zero-order chi connectivity index (χ0) is 19.1. The number of piperidine rings is 1. The predicted octanol–water partition coefficient (Wildman–Crippen LogP) is 4.50. The van der Waals surface area contributed by atoms with Crippen molar-refractivity contribution in [1.29, 1.82) is 0 Å². The van der Waals surface area contributed by atoms with Gasteiger partial charge in [0.1, 0.15) is 11.5 Å². The predicted molar refractivity (Wildman–Crippen MR) is 108 cm³/mol. The van der Waals surface area contributed by atoms with Gasteiger partial charge in [0.2, 0.25) is 0 Å². The molecular formula is C22H22FN5. The van der Waals surface area contributed by atoms with Gasteiger partial charge in [-0.05, 0) is 69.4 Å². The molecule has 0 atom stereocenters. The van der Waals surface area contributed by atoms with Gasteiger partial charge in [0.05, 0.1) is 17.7 Å². The first-order valence-corrected chi connectivity index (χ1v) is 9.64. The number of H-pyrrole nitrogens is 1. The van der Waals surface area contributed by atoms with E-state index in [1.807, 2.05) is 24.8 Å². The lowest BCUT2D eigenvalue weighted by atomic mass is 10.0. The standard InChI is InChI=1S/C22H22FN5/c1-27-12-8-17(9-13-27)28-14-26-20(15-2-4-16(23)5-3-15)21(28)18-6-10-24-22-19(18)7-11-25-22/h2-7,10-11,14,17H,8-9,12-13H2,1H3,(H,24,25). The molecule has 0 aliphatic carbocycles. The number of imidazole rings is 1. The number of aromatic nitrogens is 4. The van der Waals surface area contributed by atoms with Crippen LogP contribution in [0.2, 0.25) is 0 Å². The summed E-state index contributed by atoms with van der Waals surface area (Å²) in [5, 5.41) is 1.07. The second-order valence-electron chi connectivity index (χ2n) is 7.49. The number of rotatable bonds is 3. The van der Waals surface area contributed by atoms with Gasteiger partial charge >= 0.3 is 0 Å². The summed E-state index contributed by atoms with van der Waals surface area (Å²) in [4.78, 5) is 14.8. The minimum atomic E-state index is -0.239. The second kappa shape index (κ2) is 6.87. The van der Waals surface area contributed by atoms with Gasteiger partial charge in [-0.3, -0.25) is 0 Å². The van der Waals surface area contributed by atoms with E-state index in [-0.39, 0.29) is 5.82 Å². The second-order valence-corrected chi connectivity index (χ2v) is 7.49. The average Bonchev–Trinajstić information content (AvgIpc) is 3.36. The number of benzene rings is 1. The Bertz CT molecular complexity index is 1100. The van der Waals surface area contributed by atoms with Crippen molar-refractivity contribution < 1.29 is 4.39 Å². The van der Waals surface area contributed by atoms with Crippen LogP contribution in [0, 0.1) is 5.82 Å². The van der Waals surface area contributed by atoms with Gasteiger partial charge in [0.25, 0.3) is 0 Å². The molecule has 28 heavy (non-hydrogen) atoms. The quantitative estimate of drug-likeness (QED) is 0.574. The number of nitrogens with zero attached hydrogens (tertiary/aromatic N) is 4. The summed E-state index contributed by atoms with van der Waals surface area (Å²) in [6.07, 6.45) is 7.86. The Kier molecular flexibility index (Phi) is 4.20. The lowest BCUT2D eigenvalue weighted by Crippen LogP contribution is -2.31. The number of aromatic amines is 1. The van der Waals surface area contributed by atoms with Crippen molar-refractivity contribution in [3.63, 3.8) is 0 Å². The van der Waals surface area contributed by atoms with Crippen molar-refractivity contribution >= 4 is 11.0 Å². The number of hydrogen-bond acceptors (Lipinski definition) is 3.